The molecule has 0 bridgehead atoms. The highest BCUT2D eigenvalue weighted by Gasteiger charge is 2.19. The Kier molecular flexibility index (Phi) is 3.46. The minimum Gasteiger partial charge on any atom is -0.384 e. The lowest BCUT2D eigenvalue weighted by Crippen LogP contribution is -2.32. The molecule has 10 nitrogen and oxygen atoms in total. The summed E-state index contributed by atoms with van der Waals surface area (Å²) in [6, 6.07) is 0. The van der Waals surface area contributed by atoms with E-state index in [-0.39, 0.29) is 6.54 Å². The zero-order chi connectivity index (χ0) is 14.9. The van der Waals surface area contributed by atoms with Gasteiger partial charge in [-0.2, -0.15) is 5.10 Å². The second-order valence-corrected chi connectivity index (χ2v) is 5.67. The number of sulfonamides is 1. The Bertz CT molecular complexity index is 846. The molecule has 0 atom stereocenters. The van der Waals surface area contributed by atoms with Gasteiger partial charge < -0.3 is 10.7 Å². The van der Waals surface area contributed by atoms with Crippen LogP contribution in [-0.2, 0) is 23.6 Å². The van der Waals surface area contributed by atoms with Crippen LogP contribution in [0, 0.1) is 0 Å². The third-order valence-corrected chi connectivity index (χ3v) is 4.00. The van der Waals surface area contributed by atoms with Crippen LogP contribution in [0.5, 0.6) is 0 Å². The first kappa shape index (κ1) is 14.0. The number of nitrogens with one attached hydrogen (secondary N) is 3. The SMILES string of the molecule is Cn1ncc(CNS(=O)(=O)c2c[nH]c(=O)[nH]c2=O)c1N. The van der Waals surface area contributed by atoms with Gasteiger partial charge >= 0.3 is 5.69 Å². The van der Waals surface area contributed by atoms with E-state index in [1.807, 2.05) is 4.98 Å². The first-order valence-electron chi connectivity index (χ1n) is 5.39. The van der Waals surface area contributed by atoms with Crippen LogP contribution in [0.4, 0.5) is 5.82 Å². The average Bonchev–Trinajstić information content (AvgIpc) is 2.67. The molecule has 11 heteroatoms. The maximum Gasteiger partial charge on any atom is 0.325 e. The van der Waals surface area contributed by atoms with Gasteiger partial charge in [0, 0.05) is 25.4 Å². The van der Waals surface area contributed by atoms with Crippen LogP contribution in [0.25, 0.3) is 0 Å². The van der Waals surface area contributed by atoms with Gasteiger partial charge in [-0.15, -0.1) is 0 Å². The van der Waals surface area contributed by atoms with Crippen LogP contribution < -0.4 is 21.7 Å². The van der Waals surface area contributed by atoms with Crippen LogP contribution in [0.1, 0.15) is 5.56 Å². The fourth-order valence-electron chi connectivity index (χ4n) is 1.48. The number of H-pyrrole nitrogens is 2. The molecule has 2 aromatic heterocycles. The Morgan fingerprint density at radius 2 is 2.15 bits per heavy atom. The summed E-state index contributed by atoms with van der Waals surface area (Å²) in [5.74, 6) is 0.308. The van der Waals surface area contributed by atoms with Gasteiger partial charge in [0.05, 0.1) is 6.20 Å². The molecule has 0 saturated carbocycles. The van der Waals surface area contributed by atoms with Crippen LogP contribution in [-0.4, -0.2) is 28.2 Å². The predicted molar refractivity (Wildman–Crippen MR) is 69.3 cm³/mol. The van der Waals surface area contributed by atoms with Crippen molar-refractivity contribution in [3.8, 4) is 0 Å². The van der Waals surface area contributed by atoms with E-state index < -0.39 is 26.2 Å². The minimum atomic E-state index is -4.07. The molecule has 108 valence electrons. The Morgan fingerprint density at radius 1 is 1.45 bits per heavy atom. The van der Waals surface area contributed by atoms with Crippen molar-refractivity contribution >= 4 is 15.8 Å². The summed E-state index contributed by atoms with van der Waals surface area (Å²) < 4.78 is 27.5. The van der Waals surface area contributed by atoms with E-state index in [9.17, 15) is 18.0 Å². The van der Waals surface area contributed by atoms with Gasteiger partial charge in [0.15, 0.2) is 4.90 Å². The lowest BCUT2D eigenvalue weighted by atomic mass is 10.3. The van der Waals surface area contributed by atoms with E-state index in [1.54, 1.807) is 7.05 Å². The van der Waals surface area contributed by atoms with Gasteiger partial charge in [-0.25, -0.2) is 17.9 Å². The standard InChI is InChI=1S/C9H12N6O4S/c1-15-7(10)5(2-12-15)3-13-20(18,19)6-4-11-9(17)14-8(6)16/h2,4,13H,3,10H2,1H3,(H2,11,14,16,17). The van der Waals surface area contributed by atoms with Crippen molar-refractivity contribution in [3.63, 3.8) is 0 Å². The number of aromatic nitrogens is 4. The number of hydrogen-bond acceptors (Lipinski definition) is 6. The molecule has 0 aromatic carbocycles. The van der Waals surface area contributed by atoms with E-state index in [0.717, 1.165) is 6.20 Å². The van der Waals surface area contributed by atoms with Crippen molar-refractivity contribution in [2.75, 3.05) is 5.73 Å². The summed E-state index contributed by atoms with van der Waals surface area (Å²) in [5.41, 5.74) is 4.35. The Morgan fingerprint density at radius 3 is 2.70 bits per heavy atom. The van der Waals surface area contributed by atoms with Gasteiger partial charge in [0.2, 0.25) is 10.0 Å². The number of hydrogen-bond donors (Lipinski definition) is 4. The molecule has 0 aliphatic rings. The van der Waals surface area contributed by atoms with Gasteiger partial charge in [0.1, 0.15) is 5.82 Å². The highest BCUT2D eigenvalue weighted by Crippen LogP contribution is 2.10. The van der Waals surface area contributed by atoms with Crippen molar-refractivity contribution in [1.82, 2.24) is 24.5 Å². The summed E-state index contributed by atoms with van der Waals surface area (Å²) in [6.45, 7) is -0.124. The monoisotopic (exact) mass is 300 g/mol. The number of anilines is 1. The number of rotatable bonds is 4. The Labute approximate surface area is 112 Å². The fourth-order valence-corrected chi connectivity index (χ4v) is 2.49. The van der Waals surface area contributed by atoms with Crippen molar-refractivity contribution in [3.05, 3.63) is 38.8 Å². The lowest BCUT2D eigenvalue weighted by Gasteiger charge is -2.05. The van der Waals surface area contributed by atoms with E-state index in [0.29, 0.717) is 11.4 Å². The number of nitrogens with two attached hydrogens (primary N) is 1. The largest absolute Gasteiger partial charge is 0.384 e. The van der Waals surface area contributed by atoms with E-state index in [2.05, 4.69) is 14.8 Å². The molecular formula is C9H12N6O4S. The molecule has 0 radical (unpaired) electrons. The summed E-state index contributed by atoms with van der Waals surface area (Å²) in [4.78, 5) is 25.6. The molecule has 0 spiro atoms. The third kappa shape index (κ3) is 2.62. The second-order valence-electron chi connectivity index (χ2n) is 3.94. The number of aryl methyl sites for hydroxylation is 1. The number of nitrogens with zero attached hydrogens (tertiary/aromatic N) is 2. The molecule has 2 rings (SSSR count). The van der Waals surface area contributed by atoms with Gasteiger partial charge in [-0.1, -0.05) is 0 Å². The normalized spacial score (nSPS) is 11.7. The van der Waals surface area contributed by atoms with Crippen LogP contribution in [0.3, 0.4) is 0 Å². The minimum absolute atomic E-state index is 0.124. The molecule has 20 heavy (non-hydrogen) atoms. The van der Waals surface area contributed by atoms with E-state index >= 15 is 0 Å². The van der Waals surface area contributed by atoms with Gasteiger partial charge in [-0.3, -0.25) is 14.5 Å². The molecular weight excluding hydrogens is 288 g/mol. The molecule has 0 saturated heterocycles. The van der Waals surface area contributed by atoms with Crippen LogP contribution in [0.15, 0.2) is 26.9 Å². The second kappa shape index (κ2) is 4.94. The molecule has 0 aliphatic heterocycles. The molecule has 0 amide bonds. The molecule has 2 aromatic rings. The van der Waals surface area contributed by atoms with Crippen molar-refractivity contribution in [2.24, 2.45) is 7.05 Å². The van der Waals surface area contributed by atoms with Crippen molar-refractivity contribution < 1.29 is 8.42 Å². The predicted octanol–water partition coefficient (Wildman–Crippen LogP) is -2.14. The average molecular weight is 300 g/mol. The van der Waals surface area contributed by atoms with E-state index in [4.69, 9.17) is 5.73 Å². The first-order valence-corrected chi connectivity index (χ1v) is 6.87. The van der Waals surface area contributed by atoms with Crippen molar-refractivity contribution in [2.45, 2.75) is 11.4 Å². The molecule has 0 fully saturated rings. The van der Waals surface area contributed by atoms with E-state index in [1.165, 1.54) is 10.9 Å². The number of aromatic amines is 2. The lowest BCUT2D eigenvalue weighted by molar-refractivity contribution is 0.579. The van der Waals surface area contributed by atoms with Gasteiger partial charge in [0.25, 0.3) is 5.56 Å². The smallest absolute Gasteiger partial charge is 0.325 e. The molecule has 0 aliphatic carbocycles. The Balaban J connectivity index is 2.26. The topological polar surface area (TPSA) is 156 Å². The molecule has 5 N–H and O–H groups in total. The fraction of sp³-hybridized carbons (Fsp3) is 0.222. The maximum atomic E-state index is 11.9. The molecule has 2 heterocycles. The third-order valence-electron chi connectivity index (χ3n) is 2.59. The Hall–Kier alpha value is -2.40. The summed E-state index contributed by atoms with van der Waals surface area (Å²) in [6.07, 6.45) is 2.24. The highest BCUT2D eigenvalue weighted by atomic mass is 32.2. The number of nitrogen functional groups attached to an aromatic ring is 1. The molecule has 0 unspecified atom stereocenters. The zero-order valence-corrected chi connectivity index (χ0v) is 11.2. The first-order chi connectivity index (χ1) is 9.31. The quantitative estimate of drug-likeness (QED) is 0.504. The zero-order valence-electron chi connectivity index (χ0n) is 10.4. The summed E-state index contributed by atoms with van der Waals surface area (Å²) >= 11 is 0. The van der Waals surface area contributed by atoms with Crippen LogP contribution in [0.2, 0.25) is 0 Å². The maximum absolute atomic E-state index is 11.9. The summed E-state index contributed by atoms with van der Waals surface area (Å²) in [5, 5.41) is 3.86. The van der Waals surface area contributed by atoms with Crippen LogP contribution >= 0.6 is 0 Å². The highest BCUT2D eigenvalue weighted by molar-refractivity contribution is 7.89. The van der Waals surface area contributed by atoms with Crippen molar-refractivity contribution in [1.29, 1.82) is 0 Å². The summed E-state index contributed by atoms with van der Waals surface area (Å²) in [7, 11) is -2.46. The van der Waals surface area contributed by atoms with Gasteiger partial charge in [-0.05, 0) is 0 Å².